The molecule has 6 nitrogen and oxygen atoms in total. The molecule has 1 saturated heterocycles. The van der Waals surface area contributed by atoms with Crippen molar-refractivity contribution in [3.8, 4) is 0 Å². The molecule has 1 aromatic rings. The van der Waals surface area contributed by atoms with Crippen LogP contribution >= 0.6 is 34.2 Å². The number of hydrogen-bond acceptors (Lipinski definition) is 4. The van der Waals surface area contributed by atoms with E-state index in [0.717, 1.165) is 3.57 Å². The summed E-state index contributed by atoms with van der Waals surface area (Å²) >= 11 is 7.94. The molecular formula is C13H16ClIN2O4S. The van der Waals surface area contributed by atoms with Crippen LogP contribution in [0.5, 0.6) is 0 Å². The van der Waals surface area contributed by atoms with Gasteiger partial charge < -0.3 is 10.1 Å². The Hall–Kier alpha value is -0.420. The minimum absolute atomic E-state index is 0.0672. The summed E-state index contributed by atoms with van der Waals surface area (Å²) in [6, 6.07) is 4.91. The molecule has 122 valence electrons. The number of carbonyl (C=O) groups is 1. The number of nitrogens with one attached hydrogen (secondary N) is 1. The second-order valence-corrected chi connectivity index (χ2v) is 8.37. The molecule has 1 aromatic carbocycles. The molecule has 0 spiro atoms. The highest BCUT2D eigenvalue weighted by Gasteiger charge is 2.24. The highest BCUT2D eigenvalue weighted by atomic mass is 127. The number of nitrogens with zero attached hydrogens (tertiary/aromatic N) is 1. The summed E-state index contributed by atoms with van der Waals surface area (Å²) in [6.45, 7) is 1.62. The number of halogens is 2. The number of hydrogen-bond donors (Lipinski definition) is 1. The van der Waals surface area contributed by atoms with E-state index >= 15 is 0 Å². The monoisotopic (exact) mass is 458 g/mol. The zero-order valence-corrected chi connectivity index (χ0v) is 15.4. The van der Waals surface area contributed by atoms with Gasteiger partial charge in [-0.15, -0.1) is 0 Å². The largest absolute Gasteiger partial charge is 0.379 e. The van der Waals surface area contributed by atoms with Gasteiger partial charge >= 0.3 is 0 Å². The first-order valence-corrected chi connectivity index (χ1v) is 9.75. The predicted molar refractivity (Wildman–Crippen MR) is 92.7 cm³/mol. The minimum atomic E-state index is -3.36. The van der Waals surface area contributed by atoms with E-state index in [1.54, 1.807) is 18.2 Å². The second kappa shape index (κ2) is 7.91. The van der Waals surface area contributed by atoms with Gasteiger partial charge in [0.1, 0.15) is 0 Å². The highest BCUT2D eigenvalue weighted by Crippen LogP contribution is 2.19. The third-order valence-electron chi connectivity index (χ3n) is 3.19. The van der Waals surface area contributed by atoms with E-state index in [2.05, 4.69) is 5.32 Å². The summed E-state index contributed by atoms with van der Waals surface area (Å²) in [5, 5.41) is 3.19. The predicted octanol–water partition coefficient (Wildman–Crippen LogP) is 1.34. The molecule has 0 aliphatic carbocycles. The lowest BCUT2D eigenvalue weighted by Gasteiger charge is -2.26. The summed E-state index contributed by atoms with van der Waals surface area (Å²) in [5.74, 6) is -0.435. The van der Waals surface area contributed by atoms with Crippen molar-refractivity contribution >= 4 is 50.1 Å². The first-order valence-electron chi connectivity index (χ1n) is 6.69. The number of rotatable bonds is 5. The fourth-order valence-corrected chi connectivity index (χ4v) is 3.94. The van der Waals surface area contributed by atoms with Crippen molar-refractivity contribution in [1.82, 2.24) is 9.62 Å². The minimum Gasteiger partial charge on any atom is -0.379 e. The van der Waals surface area contributed by atoms with Crippen LogP contribution in [0, 0.1) is 3.57 Å². The maximum absolute atomic E-state index is 12.1. The molecule has 0 radical (unpaired) electrons. The van der Waals surface area contributed by atoms with Gasteiger partial charge in [-0.25, -0.2) is 8.42 Å². The normalized spacial score (nSPS) is 16.5. The SMILES string of the molecule is O=C(NCCS(=O)(=O)N1CCOCC1)c1ccc(Cl)c(I)c1. The molecule has 1 aliphatic rings. The smallest absolute Gasteiger partial charge is 0.251 e. The molecule has 0 aromatic heterocycles. The molecule has 1 aliphatic heterocycles. The zero-order valence-electron chi connectivity index (χ0n) is 11.7. The quantitative estimate of drug-likeness (QED) is 0.676. The van der Waals surface area contributed by atoms with Crippen molar-refractivity contribution in [1.29, 1.82) is 0 Å². The van der Waals surface area contributed by atoms with Crippen LogP contribution in [0.25, 0.3) is 0 Å². The Balaban J connectivity index is 1.87. The molecule has 22 heavy (non-hydrogen) atoms. The first-order chi connectivity index (χ1) is 10.4. The van der Waals surface area contributed by atoms with Gasteiger partial charge in [0.15, 0.2) is 0 Å². The molecule has 1 N–H and O–H groups in total. The van der Waals surface area contributed by atoms with Crippen molar-refractivity contribution in [2.24, 2.45) is 0 Å². The Morgan fingerprint density at radius 1 is 1.36 bits per heavy atom. The number of carbonyl (C=O) groups excluding carboxylic acids is 1. The van der Waals surface area contributed by atoms with E-state index in [1.807, 2.05) is 22.6 Å². The average molecular weight is 459 g/mol. The van der Waals surface area contributed by atoms with Crippen LogP contribution in [0.2, 0.25) is 5.02 Å². The van der Waals surface area contributed by atoms with Gasteiger partial charge in [-0.3, -0.25) is 4.79 Å². The van der Waals surface area contributed by atoms with E-state index < -0.39 is 10.0 Å². The number of benzene rings is 1. The molecule has 0 unspecified atom stereocenters. The Morgan fingerprint density at radius 2 is 2.05 bits per heavy atom. The molecule has 2 rings (SSSR count). The van der Waals surface area contributed by atoms with Crippen LogP contribution in [0.1, 0.15) is 10.4 Å². The number of amides is 1. The molecule has 1 amide bonds. The van der Waals surface area contributed by atoms with Crippen molar-refractivity contribution in [3.05, 3.63) is 32.4 Å². The standard InChI is InChI=1S/C13H16ClIN2O4S/c14-11-2-1-10(9-12(11)15)13(18)16-3-8-22(19,20)17-4-6-21-7-5-17/h1-2,9H,3-8H2,(H,16,18). The molecule has 0 bridgehead atoms. The molecule has 0 saturated carbocycles. The average Bonchev–Trinajstić information content (AvgIpc) is 2.50. The van der Waals surface area contributed by atoms with Gasteiger partial charge in [-0.2, -0.15) is 4.31 Å². The van der Waals surface area contributed by atoms with Crippen LogP contribution in [0.15, 0.2) is 18.2 Å². The van der Waals surface area contributed by atoms with Crippen LogP contribution < -0.4 is 5.32 Å². The number of morpholine rings is 1. The zero-order chi connectivity index (χ0) is 16.2. The van der Waals surface area contributed by atoms with E-state index in [-0.39, 0.29) is 18.2 Å². The number of sulfonamides is 1. The molecule has 9 heteroatoms. The molecular weight excluding hydrogens is 443 g/mol. The summed E-state index contributed by atoms with van der Waals surface area (Å²) < 4.78 is 31.5. The van der Waals surface area contributed by atoms with Crippen molar-refractivity contribution in [3.63, 3.8) is 0 Å². The Kier molecular flexibility index (Phi) is 6.45. The fourth-order valence-electron chi connectivity index (χ4n) is 1.99. The van der Waals surface area contributed by atoms with Gasteiger partial charge in [0, 0.05) is 28.8 Å². The third kappa shape index (κ3) is 4.79. The van der Waals surface area contributed by atoms with Crippen molar-refractivity contribution in [2.75, 3.05) is 38.6 Å². The lowest BCUT2D eigenvalue weighted by molar-refractivity contribution is 0.0730. The Bertz CT molecular complexity index is 647. The van der Waals surface area contributed by atoms with Crippen LogP contribution in [-0.4, -0.2) is 57.2 Å². The van der Waals surface area contributed by atoms with Crippen LogP contribution in [0.4, 0.5) is 0 Å². The van der Waals surface area contributed by atoms with E-state index in [1.165, 1.54) is 4.31 Å². The van der Waals surface area contributed by atoms with E-state index in [4.69, 9.17) is 16.3 Å². The molecule has 1 fully saturated rings. The molecule has 0 atom stereocenters. The fraction of sp³-hybridized carbons (Fsp3) is 0.462. The first kappa shape index (κ1) is 17.9. The van der Waals surface area contributed by atoms with Crippen LogP contribution in [0.3, 0.4) is 0 Å². The van der Waals surface area contributed by atoms with Crippen molar-refractivity contribution < 1.29 is 17.9 Å². The summed E-state index contributed by atoms with van der Waals surface area (Å²) in [6.07, 6.45) is 0. The molecule has 1 heterocycles. The Labute approximate surface area is 148 Å². The van der Waals surface area contributed by atoms with Gasteiger partial charge in [0.2, 0.25) is 10.0 Å². The highest BCUT2D eigenvalue weighted by molar-refractivity contribution is 14.1. The topological polar surface area (TPSA) is 75.7 Å². The van der Waals surface area contributed by atoms with Crippen LogP contribution in [-0.2, 0) is 14.8 Å². The summed E-state index contributed by atoms with van der Waals surface area (Å²) in [4.78, 5) is 12.0. The number of ether oxygens (including phenoxy) is 1. The van der Waals surface area contributed by atoms with Gasteiger partial charge in [0.05, 0.1) is 24.0 Å². The van der Waals surface area contributed by atoms with Gasteiger partial charge in [0.25, 0.3) is 5.91 Å². The Morgan fingerprint density at radius 3 is 2.68 bits per heavy atom. The van der Waals surface area contributed by atoms with Gasteiger partial charge in [-0.1, -0.05) is 11.6 Å². The third-order valence-corrected chi connectivity index (χ3v) is 6.60. The van der Waals surface area contributed by atoms with E-state index in [9.17, 15) is 13.2 Å². The maximum atomic E-state index is 12.1. The lowest BCUT2D eigenvalue weighted by atomic mass is 10.2. The lowest BCUT2D eigenvalue weighted by Crippen LogP contribution is -2.43. The summed E-state index contributed by atoms with van der Waals surface area (Å²) in [7, 11) is -3.36. The second-order valence-electron chi connectivity index (χ2n) is 4.71. The van der Waals surface area contributed by atoms with Crippen molar-refractivity contribution in [2.45, 2.75) is 0 Å². The van der Waals surface area contributed by atoms with Gasteiger partial charge in [-0.05, 0) is 40.8 Å². The van der Waals surface area contributed by atoms with E-state index in [0.29, 0.717) is 36.9 Å². The summed E-state index contributed by atoms with van der Waals surface area (Å²) in [5.41, 5.74) is 0.456. The maximum Gasteiger partial charge on any atom is 0.251 e.